The summed E-state index contributed by atoms with van der Waals surface area (Å²) in [6, 6.07) is 7.08. The molecule has 2 saturated heterocycles. The molecule has 6 heteroatoms. The number of carbonyl (C=O) groups is 1. The van der Waals surface area contributed by atoms with Gasteiger partial charge in [0.25, 0.3) is 0 Å². The molecule has 1 aromatic carbocycles. The maximum atomic E-state index is 12.3. The highest BCUT2D eigenvalue weighted by Gasteiger charge is 2.41. The third-order valence-corrected chi connectivity index (χ3v) is 5.68. The number of hydrogen-bond donors (Lipinski definition) is 1. The number of alkyl halides is 1. The molecule has 1 aromatic rings. The minimum atomic E-state index is -0.164. The lowest BCUT2D eigenvalue weighted by Gasteiger charge is -2.33. The summed E-state index contributed by atoms with van der Waals surface area (Å²) in [4.78, 5) is 16.6. The molecule has 0 aromatic heterocycles. The normalized spacial score (nSPS) is 26.1. The highest BCUT2D eigenvalue weighted by atomic mass is 127. The van der Waals surface area contributed by atoms with Gasteiger partial charge >= 0.3 is 6.09 Å². The van der Waals surface area contributed by atoms with Crippen molar-refractivity contribution in [2.45, 2.75) is 24.8 Å². The molecule has 4 rings (SSSR count). The topological polar surface area (TPSA) is 44.8 Å². The smallest absolute Gasteiger partial charge is 0.411 e. The number of piperidine rings is 1. The van der Waals surface area contributed by atoms with Gasteiger partial charge in [0.2, 0.25) is 0 Å². The molecule has 2 fully saturated rings. The molecular weight excluding hydrogens is 405 g/mol. The molecule has 2 heterocycles. The Morgan fingerprint density at radius 3 is 2.87 bits per heavy atom. The molecule has 0 saturated carbocycles. The van der Waals surface area contributed by atoms with Gasteiger partial charge in [0, 0.05) is 38.4 Å². The number of piperazine rings is 1. The van der Waals surface area contributed by atoms with Crippen molar-refractivity contribution < 1.29 is 9.53 Å². The molecule has 0 radical (unpaired) electrons. The van der Waals surface area contributed by atoms with Gasteiger partial charge in [-0.1, -0.05) is 6.07 Å². The maximum Gasteiger partial charge on any atom is 0.411 e. The first-order valence-corrected chi connectivity index (χ1v) is 9.89. The van der Waals surface area contributed by atoms with Crippen molar-refractivity contribution in [1.82, 2.24) is 10.2 Å². The average molecular weight is 427 g/mol. The quantitative estimate of drug-likeness (QED) is 0.583. The molecule has 1 unspecified atom stereocenters. The molecule has 2 bridgehead atoms. The van der Waals surface area contributed by atoms with Gasteiger partial charge in [-0.05, 0) is 64.6 Å². The second-order valence-electron chi connectivity index (χ2n) is 6.50. The van der Waals surface area contributed by atoms with Crippen LogP contribution in [0.4, 0.5) is 10.5 Å². The van der Waals surface area contributed by atoms with Crippen LogP contribution in [0.25, 0.3) is 0 Å². The molecule has 2 aliphatic heterocycles. The number of nitrogens with zero attached hydrogens (tertiary/aromatic N) is 2. The molecule has 3 aliphatic rings. The zero-order chi connectivity index (χ0) is 15.8. The number of benzene rings is 1. The Labute approximate surface area is 150 Å². The van der Waals surface area contributed by atoms with Gasteiger partial charge in [-0.15, -0.1) is 0 Å². The summed E-state index contributed by atoms with van der Waals surface area (Å²) in [6.45, 7) is 4.98. The van der Waals surface area contributed by atoms with Crippen molar-refractivity contribution in [2.75, 3.05) is 42.2 Å². The van der Waals surface area contributed by atoms with E-state index in [1.54, 1.807) is 0 Å². The van der Waals surface area contributed by atoms with E-state index in [1.807, 2.05) is 4.90 Å². The summed E-state index contributed by atoms with van der Waals surface area (Å²) < 4.78 is 5.66. The van der Waals surface area contributed by atoms with E-state index in [2.05, 4.69) is 51.0 Å². The summed E-state index contributed by atoms with van der Waals surface area (Å²) in [5, 5.41) is 3.40. The largest absolute Gasteiger partial charge is 0.439 e. The summed E-state index contributed by atoms with van der Waals surface area (Å²) in [5.74, 6) is 0.607. The van der Waals surface area contributed by atoms with Crippen molar-refractivity contribution in [3.05, 3.63) is 29.3 Å². The number of anilines is 1. The van der Waals surface area contributed by atoms with Crippen LogP contribution in [0.5, 0.6) is 0 Å². The van der Waals surface area contributed by atoms with Crippen molar-refractivity contribution in [2.24, 2.45) is 0 Å². The Balaban J connectivity index is 1.63. The van der Waals surface area contributed by atoms with E-state index in [0.29, 0.717) is 10.5 Å². The van der Waals surface area contributed by atoms with Crippen molar-refractivity contribution in [3.8, 4) is 0 Å². The van der Waals surface area contributed by atoms with Crippen LogP contribution in [-0.4, -0.2) is 48.3 Å². The number of ether oxygens (including phenoxy) is 1. The number of halogens is 1. The Hall–Kier alpha value is -1.02. The lowest BCUT2D eigenvalue weighted by Crippen LogP contribution is -2.43. The van der Waals surface area contributed by atoms with E-state index < -0.39 is 0 Å². The van der Waals surface area contributed by atoms with Crippen LogP contribution in [0.15, 0.2) is 18.2 Å². The van der Waals surface area contributed by atoms with E-state index in [4.69, 9.17) is 4.74 Å². The molecule has 5 nitrogen and oxygen atoms in total. The summed E-state index contributed by atoms with van der Waals surface area (Å²) in [6.07, 6.45) is 1.94. The van der Waals surface area contributed by atoms with Crippen LogP contribution < -0.4 is 10.2 Å². The third kappa shape index (κ3) is 2.80. The molecule has 1 amide bonds. The average Bonchev–Trinajstić information content (AvgIpc) is 2.88. The fraction of sp³-hybridized carbons (Fsp3) is 0.588. The number of carbonyl (C=O) groups excluding carboxylic acids is 1. The van der Waals surface area contributed by atoms with Crippen LogP contribution >= 0.6 is 22.6 Å². The Kier molecular flexibility index (Phi) is 4.36. The van der Waals surface area contributed by atoms with E-state index in [1.165, 1.54) is 16.8 Å². The van der Waals surface area contributed by atoms with E-state index in [0.717, 1.165) is 45.6 Å². The SMILES string of the molecule is O=C(OCI)N1CC[C@H]2CC1c1cc(N3CCNCC3)ccc12. The number of rotatable bonds is 2. The highest BCUT2D eigenvalue weighted by molar-refractivity contribution is 14.1. The monoisotopic (exact) mass is 427 g/mol. The molecule has 1 aliphatic carbocycles. The lowest BCUT2D eigenvalue weighted by atomic mass is 9.96. The molecule has 2 atom stereocenters. The zero-order valence-corrected chi connectivity index (χ0v) is 15.3. The van der Waals surface area contributed by atoms with Gasteiger partial charge < -0.3 is 19.9 Å². The first-order valence-electron chi connectivity index (χ1n) is 8.37. The second kappa shape index (κ2) is 6.47. The van der Waals surface area contributed by atoms with Gasteiger partial charge in [0.05, 0.1) is 6.04 Å². The predicted octanol–water partition coefficient (Wildman–Crippen LogP) is 2.86. The predicted molar refractivity (Wildman–Crippen MR) is 98.3 cm³/mol. The van der Waals surface area contributed by atoms with E-state index in [-0.39, 0.29) is 12.1 Å². The highest BCUT2D eigenvalue weighted by Crippen LogP contribution is 2.49. The van der Waals surface area contributed by atoms with Crippen LogP contribution in [0.1, 0.15) is 35.9 Å². The second-order valence-corrected chi connectivity index (χ2v) is 7.12. The standard InChI is InChI=1S/C17H22IN3O2/c18-11-23-17(22)21-6-3-12-9-16(21)15-10-13(1-2-14(12)15)20-7-4-19-5-8-20/h1-2,10,12,16,19H,3-9,11H2/t12-,16?/m0/s1. The van der Waals surface area contributed by atoms with Crippen LogP contribution in [-0.2, 0) is 4.74 Å². The Morgan fingerprint density at radius 2 is 2.09 bits per heavy atom. The van der Waals surface area contributed by atoms with Crippen LogP contribution in [0.3, 0.4) is 0 Å². The number of nitrogens with one attached hydrogen (secondary N) is 1. The molecule has 124 valence electrons. The minimum absolute atomic E-state index is 0.164. The third-order valence-electron chi connectivity index (χ3n) is 5.37. The van der Waals surface area contributed by atoms with Crippen molar-refractivity contribution in [3.63, 3.8) is 0 Å². The summed E-state index contributed by atoms with van der Waals surface area (Å²) in [7, 11) is 0. The first kappa shape index (κ1) is 15.5. The maximum absolute atomic E-state index is 12.3. The molecule has 23 heavy (non-hydrogen) atoms. The summed E-state index contributed by atoms with van der Waals surface area (Å²) in [5.41, 5.74) is 4.08. The Bertz CT molecular complexity index is 604. The molecule has 1 N–H and O–H groups in total. The van der Waals surface area contributed by atoms with Crippen LogP contribution in [0.2, 0.25) is 0 Å². The van der Waals surface area contributed by atoms with Gasteiger partial charge in [-0.25, -0.2) is 4.79 Å². The van der Waals surface area contributed by atoms with Crippen molar-refractivity contribution in [1.29, 1.82) is 0 Å². The van der Waals surface area contributed by atoms with E-state index >= 15 is 0 Å². The zero-order valence-electron chi connectivity index (χ0n) is 13.1. The van der Waals surface area contributed by atoms with Crippen molar-refractivity contribution >= 4 is 34.4 Å². The Morgan fingerprint density at radius 1 is 1.26 bits per heavy atom. The summed E-state index contributed by atoms with van der Waals surface area (Å²) >= 11 is 2.08. The van der Waals surface area contributed by atoms with Gasteiger partial charge in [0.1, 0.15) is 4.61 Å². The fourth-order valence-electron chi connectivity index (χ4n) is 4.23. The number of hydrogen-bond acceptors (Lipinski definition) is 4. The first-order chi connectivity index (χ1) is 11.3. The number of fused-ring (bicyclic) bond motifs is 5. The minimum Gasteiger partial charge on any atom is -0.439 e. The fourth-order valence-corrected chi connectivity index (χ4v) is 4.50. The van der Waals surface area contributed by atoms with Gasteiger partial charge in [-0.3, -0.25) is 0 Å². The molecular formula is C17H22IN3O2. The van der Waals surface area contributed by atoms with Gasteiger partial charge in [-0.2, -0.15) is 0 Å². The number of likely N-dealkylation sites (tertiary alicyclic amines) is 1. The van der Waals surface area contributed by atoms with E-state index in [9.17, 15) is 4.79 Å². The van der Waals surface area contributed by atoms with Crippen LogP contribution in [0, 0.1) is 0 Å². The molecule has 0 spiro atoms. The number of amides is 1. The lowest BCUT2D eigenvalue weighted by molar-refractivity contribution is 0.0895. The van der Waals surface area contributed by atoms with Gasteiger partial charge in [0.15, 0.2) is 0 Å².